The number of fused-ring (bicyclic) bond motifs is 5. The zero-order chi connectivity index (χ0) is 21.1. The average molecular weight is 409 g/mol. The van der Waals surface area contributed by atoms with Gasteiger partial charge in [0.25, 0.3) is 0 Å². The molecule has 3 unspecified atom stereocenters. The summed E-state index contributed by atoms with van der Waals surface area (Å²) >= 11 is 0. The SMILES string of the molecule is C[C@]12CCC(=O)C(c3ccccc3C=O)C1CC[C@@H]1[C@H]2CC[C@]2(C)C(CO)CC[C@@H]12. The fourth-order valence-electron chi connectivity index (χ4n) is 8.88. The van der Waals surface area contributed by atoms with E-state index >= 15 is 0 Å². The second-order valence-electron chi connectivity index (χ2n) is 11.3. The van der Waals surface area contributed by atoms with E-state index in [1.165, 1.54) is 32.1 Å². The van der Waals surface area contributed by atoms with Crippen molar-refractivity contribution in [2.75, 3.05) is 6.61 Å². The Hall–Kier alpha value is -1.48. The first-order valence-electron chi connectivity index (χ1n) is 12.1. The minimum atomic E-state index is -0.117. The van der Waals surface area contributed by atoms with E-state index in [0.29, 0.717) is 47.5 Å². The van der Waals surface area contributed by atoms with Gasteiger partial charge in [-0.3, -0.25) is 9.59 Å². The smallest absolute Gasteiger partial charge is 0.150 e. The molecule has 30 heavy (non-hydrogen) atoms. The molecule has 0 aliphatic heterocycles. The zero-order valence-corrected chi connectivity index (χ0v) is 18.5. The highest BCUT2D eigenvalue weighted by Crippen LogP contribution is 2.68. The Balaban J connectivity index is 1.50. The normalized spacial score (nSPS) is 45.4. The number of hydrogen-bond donors (Lipinski definition) is 1. The average Bonchev–Trinajstić information content (AvgIpc) is 3.10. The molecule has 0 amide bonds. The number of Topliss-reactive ketones (excluding diaryl/α,β-unsaturated/α-hetero) is 1. The van der Waals surface area contributed by atoms with Gasteiger partial charge in [-0.05, 0) is 90.9 Å². The van der Waals surface area contributed by atoms with Crippen LogP contribution in [-0.2, 0) is 4.79 Å². The minimum Gasteiger partial charge on any atom is -0.396 e. The summed E-state index contributed by atoms with van der Waals surface area (Å²) < 4.78 is 0. The third kappa shape index (κ3) is 2.73. The van der Waals surface area contributed by atoms with Gasteiger partial charge >= 0.3 is 0 Å². The van der Waals surface area contributed by atoms with Crippen LogP contribution in [0.25, 0.3) is 0 Å². The summed E-state index contributed by atoms with van der Waals surface area (Å²) in [6.07, 6.45) is 9.77. The Kier molecular flexibility index (Phi) is 4.96. The molecule has 4 fully saturated rings. The van der Waals surface area contributed by atoms with Crippen LogP contribution >= 0.6 is 0 Å². The molecular formula is C27H36O3. The van der Waals surface area contributed by atoms with Gasteiger partial charge in [0.05, 0.1) is 0 Å². The van der Waals surface area contributed by atoms with Crippen molar-refractivity contribution in [2.24, 2.45) is 40.4 Å². The molecule has 3 heteroatoms. The van der Waals surface area contributed by atoms with Crippen LogP contribution in [0, 0.1) is 40.4 Å². The van der Waals surface area contributed by atoms with Crippen LogP contribution in [0.5, 0.6) is 0 Å². The number of aliphatic hydroxyl groups excluding tert-OH is 1. The van der Waals surface area contributed by atoms with Crippen molar-refractivity contribution in [3.05, 3.63) is 35.4 Å². The first-order chi connectivity index (χ1) is 14.4. The molecule has 0 heterocycles. The molecule has 0 saturated heterocycles. The van der Waals surface area contributed by atoms with Crippen molar-refractivity contribution < 1.29 is 14.7 Å². The van der Waals surface area contributed by atoms with Crippen LogP contribution < -0.4 is 0 Å². The first kappa shape index (κ1) is 20.4. The highest BCUT2D eigenvalue weighted by molar-refractivity contribution is 5.90. The standard InChI is InChI=1S/C27H36O3/c1-26-13-11-22-20(21(26)9-7-18(26)16-29)8-10-23-25(24(30)12-14-27(22,23)2)19-6-4-3-5-17(19)15-28/h3-6,15,18,20-23,25,29H,7-14,16H2,1-2H3/t18?,20-,21-,22+,23?,25?,26+,27+/m0/s1. The van der Waals surface area contributed by atoms with E-state index < -0.39 is 0 Å². The van der Waals surface area contributed by atoms with Gasteiger partial charge in [0.2, 0.25) is 0 Å². The molecule has 1 aromatic carbocycles. The molecule has 4 aliphatic rings. The van der Waals surface area contributed by atoms with Crippen LogP contribution in [0.4, 0.5) is 0 Å². The van der Waals surface area contributed by atoms with E-state index in [1.807, 2.05) is 24.3 Å². The van der Waals surface area contributed by atoms with Crippen molar-refractivity contribution in [1.82, 2.24) is 0 Å². The Bertz CT molecular complexity index is 846. The van der Waals surface area contributed by atoms with Gasteiger partial charge in [-0.15, -0.1) is 0 Å². The van der Waals surface area contributed by atoms with E-state index in [4.69, 9.17) is 0 Å². The second kappa shape index (κ2) is 7.29. The summed E-state index contributed by atoms with van der Waals surface area (Å²) in [6, 6.07) is 7.76. The molecule has 0 aromatic heterocycles. The maximum Gasteiger partial charge on any atom is 0.150 e. The van der Waals surface area contributed by atoms with E-state index in [9.17, 15) is 14.7 Å². The number of aliphatic hydroxyl groups is 1. The highest BCUT2D eigenvalue weighted by Gasteiger charge is 2.61. The lowest BCUT2D eigenvalue weighted by molar-refractivity contribution is -0.144. The number of hydrogen-bond acceptors (Lipinski definition) is 3. The summed E-state index contributed by atoms with van der Waals surface area (Å²) in [6.45, 7) is 5.26. The lowest BCUT2D eigenvalue weighted by Crippen LogP contribution is -2.55. The fraction of sp³-hybridized carbons (Fsp3) is 0.704. The zero-order valence-electron chi connectivity index (χ0n) is 18.5. The molecule has 4 saturated carbocycles. The van der Waals surface area contributed by atoms with E-state index in [2.05, 4.69) is 13.8 Å². The van der Waals surface area contributed by atoms with Crippen molar-refractivity contribution >= 4 is 12.1 Å². The van der Waals surface area contributed by atoms with Crippen molar-refractivity contribution in [2.45, 2.75) is 71.1 Å². The van der Waals surface area contributed by atoms with E-state index in [-0.39, 0.29) is 11.3 Å². The van der Waals surface area contributed by atoms with Crippen LogP contribution in [-0.4, -0.2) is 23.8 Å². The third-order valence-corrected chi connectivity index (χ3v) is 10.5. The van der Waals surface area contributed by atoms with Gasteiger partial charge in [-0.25, -0.2) is 0 Å². The number of benzene rings is 1. The Morgan fingerprint density at radius 1 is 0.967 bits per heavy atom. The van der Waals surface area contributed by atoms with Gasteiger partial charge in [0.15, 0.2) is 0 Å². The predicted molar refractivity (Wildman–Crippen MR) is 117 cm³/mol. The number of carbonyl (C=O) groups excluding carboxylic acids is 2. The number of aldehydes is 1. The molecule has 8 atom stereocenters. The van der Waals surface area contributed by atoms with Gasteiger partial charge in [-0.1, -0.05) is 38.1 Å². The van der Waals surface area contributed by atoms with Crippen LogP contribution in [0.15, 0.2) is 24.3 Å². The van der Waals surface area contributed by atoms with Gasteiger partial charge in [0.1, 0.15) is 12.1 Å². The summed E-state index contributed by atoms with van der Waals surface area (Å²) in [4.78, 5) is 24.9. The second-order valence-corrected chi connectivity index (χ2v) is 11.3. The van der Waals surface area contributed by atoms with Crippen LogP contribution in [0.1, 0.15) is 87.1 Å². The fourth-order valence-corrected chi connectivity index (χ4v) is 8.88. The molecule has 0 radical (unpaired) electrons. The van der Waals surface area contributed by atoms with Crippen LogP contribution in [0.3, 0.4) is 0 Å². The number of ketones is 1. The molecule has 1 N–H and O–H groups in total. The maximum absolute atomic E-state index is 13.2. The van der Waals surface area contributed by atoms with Crippen LogP contribution in [0.2, 0.25) is 0 Å². The predicted octanol–water partition coefficient (Wildman–Crippen LogP) is 5.41. The molecular weight excluding hydrogens is 372 g/mol. The van der Waals surface area contributed by atoms with E-state index in [0.717, 1.165) is 36.5 Å². The van der Waals surface area contributed by atoms with Crippen molar-refractivity contribution in [3.8, 4) is 0 Å². The number of carbonyl (C=O) groups is 2. The molecule has 5 rings (SSSR count). The summed E-state index contributed by atoms with van der Waals surface area (Å²) in [5.41, 5.74) is 2.14. The summed E-state index contributed by atoms with van der Waals surface area (Å²) in [5, 5.41) is 9.98. The van der Waals surface area contributed by atoms with Crippen molar-refractivity contribution in [1.29, 1.82) is 0 Å². The molecule has 3 nitrogen and oxygen atoms in total. The Labute approximate surface area is 180 Å². The Morgan fingerprint density at radius 2 is 1.70 bits per heavy atom. The minimum absolute atomic E-state index is 0.117. The van der Waals surface area contributed by atoms with Crippen molar-refractivity contribution in [3.63, 3.8) is 0 Å². The topological polar surface area (TPSA) is 54.4 Å². The largest absolute Gasteiger partial charge is 0.396 e. The Morgan fingerprint density at radius 3 is 2.47 bits per heavy atom. The monoisotopic (exact) mass is 408 g/mol. The summed E-state index contributed by atoms with van der Waals surface area (Å²) in [5.74, 6) is 3.17. The quantitative estimate of drug-likeness (QED) is 0.680. The highest BCUT2D eigenvalue weighted by atomic mass is 16.3. The van der Waals surface area contributed by atoms with Gasteiger partial charge in [0, 0.05) is 24.5 Å². The molecule has 162 valence electrons. The molecule has 0 bridgehead atoms. The van der Waals surface area contributed by atoms with E-state index in [1.54, 1.807) is 0 Å². The third-order valence-electron chi connectivity index (χ3n) is 10.5. The summed E-state index contributed by atoms with van der Waals surface area (Å²) in [7, 11) is 0. The number of rotatable bonds is 3. The molecule has 0 spiro atoms. The lowest BCUT2D eigenvalue weighted by Gasteiger charge is -2.61. The molecule has 4 aliphatic carbocycles. The molecule has 1 aromatic rings. The maximum atomic E-state index is 13.2. The lowest BCUT2D eigenvalue weighted by atomic mass is 9.43. The first-order valence-corrected chi connectivity index (χ1v) is 12.1. The van der Waals surface area contributed by atoms with Gasteiger partial charge in [-0.2, -0.15) is 0 Å². The van der Waals surface area contributed by atoms with Gasteiger partial charge < -0.3 is 5.11 Å².